The first kappa shape index (κ1) is 19.5. The highest BCUT2D eigenvalue weighted by Gasteiger charge is 2.11. The third-order valence-corrected chi connectivity index (χ3v) is 5.16. The summed E-state index contributed by atoms with van der Waals surface area (Å²) < 4.78 is 6.69. The lowest BCUT2D eigenvalue weighted by Gasteiger charge is -2.07. The number of nitrogens with zero attached hydrogens (tertiary/aromatic N) is 2. The van der Waals surface area contributed by atoms with Crippen molar-refractivity contribution in [3.05, 3.63) is 98.9 Å². The standard InChI is InChI=1S/C22H17N3O4S/c1-14-2-4-15(5-3-14)20(27)23-17-8-6-16(7-9-17)21(28)29-13-18-12-19(26)25-10-11-30-22(25)24-18/h2-12H,13H2,1H3,(H,23,27). The summed E-state index contributed by atoms with van der Waals surface area (Å²) in [5.41, 5.74) is 2.69. The SMILES string of the molecule is Cc1ccc(C(=O)Nc2ccc(C(=O)OCc3cc(=O)n4ccsc4n3)cc2)cc1. The largest absolute Gasteiger partial charge is 0.456 e. The molecule has 4 aromatic rings. The van der Waals surface area contributed by atoms with Crippen molar-refractivity contribution in [2.45, 2.75) is 13.5 Å². The van der Waals surface area contributed by atoms with Gasteiger partial charge >= 0.3 is 5.97 Å². The summed E-state index contributed by atoms with van der Waals surface area (Å²) in [4.78, 5) is 41.4. The van der Waals surface area contributed by atoms with Crippen LogP contribution < -0.4 is 10.9 Å². The van der Waals surface area contributed by atoms with Gasteiger partial charge in [0.25, 0.3) is 11.5 Å². The van der Waals surface area contributed by atoms with Crippen LogP contribution in [0.1, 0.15) is 32.0 Å². The smallest absolute Gasteiger partial charge is 0.338 e. The molecule has 30 heavy (non-hydrogen) atoms. The van der Waals surface area contributed by atoms with Gasteiger partial charge in [-0.3, -0.25) is 14.0 Å². The van der Waals surface area contributed by atoms with Crippen LogP contribution in [0.15, 0.2) is 71.0 Å². The molecule has 0 saturated heterocycles. The van der Waals surface area contributed by atoms with Crippen LogP contribution in [-0.4, -0.2) is 21.3 Å². The molecular formula is C22H17N3O4S. The number of hydrogen-bond donors (Lipinski definition) is 1. The van der Waals surface area contributed by atoms with E-state index in [4.69, 9.17) is 4.74 Å². The van der Waals surface area contributed by atoms with Gasteiger partial charge in [-0.2, -0.15) is 0 Å². The molecule has 0 bridgehead atoms. The van der Waals surface area contributed by atoms with Crippen LogP contribution in [0.5, 0.6) is 0 Å². The Morgan fingerprint density at radius 3 is 2.50 bits per heavy atom. The molecule has 2 aromatic carbocycles. The van der Waals surface area contributed by atoms with E-state index in [1.807, 2.05) is 19.1 Å². The monoisotopic (exact) mass is 419 g/mol. The number of ether oxygens (including phenoxy) is 1. The van der Waals surface area contributed by atoms with Crippen molar-refractivity contribution in [1.82, 2.24) is 9.38 Å². The number of benzene rings is 2. The lowest BCUT2D eigenvalue weighted by Crippen LogP contribution is -2.15. The van der Waals surface area contributed by atoms with Crippen molar-refractivity contribution in [1.29, 1.82) is 0 Å². The Labute approximate surface area is 175 Å². The van der Waals surface area contributed by atoms with E-state index in [0.29, 0.717) is 27.5 Å². The number of fused-ring (bicyclic) bond motifs is 1. The molecule has 0 fully saturated rings. The molecular weight excluding hydrogens is 402 g/mol. The Morgan fingerprint density at radius 2 is 1.77 bits per heavy atom. The zero-order chi connectivity index (χ0) is 21.1. The summed E-state index contributed by atoms with van der Waals surface area (Å²) in [5.74, 6) is -0.772. The minimum Gasteiger partial charge on any atom is -0.456 e. The minimum absolute atomic E-state index is 0.103. The van der Waals surface area contributed by atoms with Gasteiger partial charge in [0.15, 0.2) is 4.96 Å². The van der Waals surface area contributed by atoms with Gasteiger partial charge in [0.1, 0.15) is 6.61 Å². The fraction of sp³-hybridized carbons (Fsp3) is 0.0909. The van der Waals surface area contributed by atoms with E-state index < -0.39 is 5.97 Å². The molecule has 4 rings (SSSR count). The molecule has 0 spiro atoms. The van der Waals surface area contributed by atoms with Crippen molar-refractivity contribution in [2.24, 2.45) is 0 Å². The van der Waals surface area contributed by atoms with Crippen molar-refractivity contribution in [3.8, 4) is 0 Å². The van der Waals surface area contributed by atoms with E-state index in [2.05, 4.69) is 10.3 Å². The summed E-state index contributed by atoms with van der Waals surface area (Å²) in [7, 11) is 0. The predicted molar refractivity (Wildman–Crippen MR) is 114 cm³/mol. The lowest BCUT2D eigenvalue weighted by molar-refractivity contribution is 0.0467. The van der Waals surface area contributed by atoms with Crippen molar-refractivity contribution < 1.29 is 14.3 Å². The van der Waals surface area contributed by atoms with Crippen LogP contribution in [0.3, 0.4) is 0 Å². The normalized spacial score (nSPS) is 10.7. The lowest BCUT2D eigenvalue weighted by atomic mass is 10.1. The highest BCUT2D eigenvalue weighted by Crippen LogP contribution is 2.14. The summed E-state index contributed by atoms with van der Waals surface area (Å²) in [6.07, 6.45) is 1.64. The number of esters is 1. The van der Waals surface area contributed by atoms with E-state index in [1.54, 1.807) is 48.0 Å². The van der Waals surface area contributed by atoms with Crippen molar-refractivity contribution in [2.75, 3.05) is 5.32 Å². The van der Waals surface area contributed by atoms with Gasteiger partial charge < -0.3 is 10.1 Å². The average Bonchev–Trinajstić information content (AvgIpc) is 3.22. The maximum atomic E-state index is 12.3. The molecule has 2 aromatic heterocycles. The fourth-order valence-corrected chi connectivity index (χ4v) is 3.52. The number of amides is 1. The summed E-state index contributed by atoms with van der Waals surface area (Å²) in [6, 6.07) is 15.0. The van der Waals surface area contributed by atoms with Crippen LogP contribution in [0.2, 0.25) is 0 Å². The first-order valence-electron chi connectivity index (χ1n) is 9.10. The Morgan fingerprint density at radius 1 is 1.07 bits per heavy atom. The van der Waals surface area contributed by atoms with Gasteiger partial charge in [-0.05, 0) is 43.3 Å². The first-order valence-corrected chi connectivity index (χ1v) is 9.98. The summed E-state index contributed by atoms with van der Waals surface area (Å²) >= 11 is 1.33. The van der Waals surface area contributed by atoms with Gasteiger partial charge in [0, 0.05) is 28.9 Å². The van der Waals surface area contributed by atoms with E-state index in [1.165, 1.54) is 21.8 Å². The molecule has 1 N–H and O–H groups in total. The molecule has 0 saturated carbocycles. The highest BCUT2D eigenvalue weighted by atomic mass is 32.1. The molecule has 8 heteroatoms. The minimum atomic E-state index is -0.542. The molecule has 1 amide bonds. The maximum Gasteiger partial charge on any atom is 0.338 e. The van der Waals surface area contributed by atoms with Crippen molar-refractivity contribution >= 4 is 33.9 Å². The van der Waals surface area contributed by atoms with Gasteiger partial charge in [0.05, 0.1) is 11.3 Å². The first-order chi connectivity index (χ1) is 14.5. The zero-order valence-electron chi connectivity index (χ0n) is 16.0. The average molecular weight is 419 g/mol. The Kier molecular flexibility index (Phi) is 5.40. The molecule has 0 atom stereocenters. The Hall–Kier alpha value is -3.78. The number of anilines is 1. The topological polar surface area (TPSA) is 89.8 Å². The van der Waals surface area contributed by atoms with Crippen LogP contribution >= 0.6 is 11.3 Å². The third-order valence-electron chi connectivity index (χ3n) is 4.40. The maximum absolute atomic E-state index is 12.3. The number of nitrogens with one attached hydrogen (secondary N) is 1. The zero-order valence-corrected chi connectivity index (χ0v) is 16.8. The second-order valence-corrected chi connectivity index (χ2v) is 7.49. The number of aryl methyl sites for hydroxylation is 1. The highest BCUT2D eigenvalue weighted by molar-refractivity contribution is 7.15. The molecule has 0 aliphatic heterocycles. The molecule has 0 aliphatic rings. The van der Waals surface area contributed by atoms with Crippen LogP contribution in [-0.2, 0) is 11.3 Å². The predicted octanol–water partition coefficient (Wildman–Crippen LogP) is 3.67. The summed E-state index contributed by atoms with van der Waals surface area (Å²) in [6.45, 7) is 1.85. The summed E-state index contributed by atoms with van der Waals surface area (Å²) in [5, 5.41) is 4.55. The number of carbonyl (C=O) groups excluding carboxylic acids is 2. The number of rotatable bonds is 5. The van der Waals surface area contributed by atoms with Crippen LogP contribution in [0.4, 0.5) is 5.69 Å². The van der Waals surface area contributed by atoms with E-state index in [9.17, 15) is 14.4 Å². The molecule has 0 aliphatic carbocycles. The second kappa shape index (κ2) is 8.30. The number of carbonyl (C=O) groups is 2. The van der Waals surface area contributed by atoms with Gasteiger partial charge in [0.2, 0.25) is 0 Å². The molecule has 7 nitrogen and oxygen atoms in total. The van der Waals surface area contributed by atoms with Crippen LogP contribution in [0, 0.1) is 6.92 Å². The third kappa shape index (κ3) is 4.28. The molecule has 0 radical (unpaired) electrons. The van der Waals surface area contributed by atoms with E-state index in [0.717, 1.165) is 5.56 Å². The Bertz CT molecular complexity index is 1270. The number of thiazole rings is 1. The second-order valence-electron chi connectivity index (χ2n) is 6.61. The number of hydrogen-bond acceptors (Lipinski definition) is 6. The molecule has 150 valence electrons. The molecule has 2 heterocycles. The van der Waals surface area contributed by atoms with Gasteiger partial charge in [-0.15, -0.1) is 11.3 Å². The van der Waals surface area contributed by atoms with Gasteiger partial charge in [-0.1, -0.05) is 17.7 Å². The van der Waals surface area contributed by atoms with Gasteiger partial charge in [-0.25, -0.2) is 9.78 Å². The van der Waals surface area contributed by atoms with Crippen molar-refractivity contribution in [3.63, 3.8) is 0 Å². The quantitative estimate of drug-likeness (QED) is 0.499. The molecule has 0 unspecified atom stereocenters. The number of aromatic nitrogens is 2. The van der Waals surface area contributed by atoms with E-state index in [-0.39, 0.29) is 18.1 Å². The Balaban J connectivity index is 1.38. The van der Waals surface area contributed by atoms with E-state index >= 15 is 0 Å². The fourth-order valence-electron chi connectivity index (χ4n) is 2.78. The van der Waals surface area contributed by atoms with Crippen LogP contribution in [0.25, 0.3) is 4.96 Å².